The monoisotopic (exact) mass is 406 g/mol. The van der Waals surface area contributed by atoms with E-state index in [9.17, 15) is 18.4 Å². The maximum Gasteiger partial charge on any atom is 0.387 e. The predicted octanol–water partition coefficient (Wildman–Crippen LogP) is 3.30. The van der Waals surface area contributed by atoms with Gasteiger partial charge in [-0.3, -0.25) is 9.59 Å². The van der Waals surface area contributed by atoms with Gasteiger partial charge in [0, 0.05) is 24.7 Å². The number of hydrogen-bond acceptors (Lipinski definition) is 5. The van der Waals surface area contributed by atoms with Gasteiger partial charge in [0.05, 0.1) is 25.8 Å². The van der Waals surface area contributed by atoms with Crippen molar-refractivity contribution in [2.45, 2.75) is 13.0 Å². The molecule has 154 valence electrons. The second-order valence-corrected chi connectivity index (χ2v) is 6.34. The van der Waals surface area contributed by atoms with Gasteiger partial charge in [-0.1, -0.05) is 0 Å². The van der Waals surface area contributed by atoms with Crippen molar-refractivity contribution in [2.75, 3.05) is 31.0 Å². The van der Waals surface area contributed by atoms with Crippen molar-refractivity contribution in [3.8, 4) is 17.2 Å². The fourth-order valence-electron chi connectivity index (χ4n) is 3.09. The summed E-state index contributed by atoms with van der Waals surface area (Å²) in [5.74, 6) is -0.0780. The Labute approximate surface area is 166 Å². The number of amides is 2. The molecule has 9 heteroatoms. The number of benzene rings is 2. The maximum atomic E-state index is 12.6. The van der Waals surface area contributed by atoms with E-state index in [0.29, 0.717) is 22.9 Å². The van der Waals surface area contributed by atoms with E-state index >= 15 is 0 Å². The summed E-state index contributed by atoms with van der Waals surface area (Å²) in [6, 6.07) is 10.7. The molecule has 1 atom stereocenters. The van der Waals surface area contributed by atoms with E-state index in [1.807, 2.05) is 0 Å². The minimum Gasteiger partial charge on any atom is -0.497 e. The molecule has 0 bridgehead atoms. The molecule has 0 aliphatic carbocycles. The molecule has 3 rings (SSSR count). The van der Waals surface area contributed by atoms with Gasteiger partial charge < -0.3 is 24.4 Å². The van der Waals surface area contributed by atoms with Gasteiger partial charge in [0.2, 0.25) is 11.8 Å². The Bertz CT molecular complexity index is 889. The first-order chi connectivity index (χ1) is 13.9. The lowest BCUT2D eigenvalue weighted by atomic mass is 10.1. The van der Waals surface area contributed by atoms with Crippen molar-refractivity contribution in [1.29, 1.82) is 0 Å². The normalized spacial score (nSPS) is 16.1. The van der Waals surface area contributed by atoms with Crippen LogP contribution in [0.4, 0.5) is 20.2 Å². The number of methoxy groups -OCH3 is 2. The minimum absolute atomic E-state index is 0.00895. The molecular weight excluding hydrogens is 386 g/mol. The SMILES string of the molecule is COc1ccc(OC)c(N2CC(C(=O)Nc3ccc(OC(F)F)cc3)CC2=O)c1. The third-order valence-corrected chi connectivity index (χ3v) is 4.52. The molecule has 1 heterocycles. The number of alkyl halides is 2. The van der Waals surface area contributed by atoms with E-state index < -0.39 is 12.5 Å². The molecule has 1 fully saturated rings. The van der Waals surface area contributed by atoms with Crippen molar-refractivity contribution in [2.24, 2.45) is 5.92 Å². The van der Waals surface area contributed by atoms with Crippen LogP contribution in [0.2, 0.25) is 0 Å². The summed E-state index contributed by atoms with van der Waals surface area (Å²) in [7, 11) is 3.02. The number of hydrogen-bond donors (Lipinski definition) is 1. The van der Waals surface area contributed by atoms with Crippen molar-refractivity contribution in [3.63, 3.8) is 0 Å². The van der Waals surface area contributed by atoms with Gasteiger partial charge in [-0.15, -0.1) is 0 Å². The van der Waals surface area contributed by atoms with Gasteiger partial charge in [-0.05, 0) is 36.4 Å². The highest BCUT2D eigenvalue weighted by atomic mass is 19.3. The molecule has 2 aromatic rings. The van der Waals surface area contributed by atoms with Crippen LogP contribution in [0.15, 0.2) is 42.5 Å². The molecule has 1 saturated heterocycles. The maximum absolute atomic E-state index is 12.6. The molecule has 0 spiro atoms. The van der Waals surface area contributed by atoms with Crippen molar-refractivity contribution >= 4 is 23.2 Å². The van der Waals surface area contributed by atoms with Crippen LogP contribution in [-0.4, -0.2) is 39.2 Å². The average Bonchev–Trinajstić information content (AvgIpc) is 3.10. The van der Waals surface area contributed by atoms with Gasteiger partial charge in [-0.25, -0.2) is 0 Å². The molecule has 0 saturated carbocycles. The fraction of sp³-hybridized carbons (Fsp3) is 0.300. The van der Waals surface area contributed by atoms with Crippen LogP contribution >= 0.6 is 0 Å². The van der Waals surface area contributed by atoms with Gasteiger partial charge in [0.25, 0.3) is 0 Å². The highest BCUT2D eigenvalue weighted by molar-refractivity contribution is 6.04. The standard InChI is InChI=1S/C20H20F2N2O5/c1-27-15-7-8-17(28-2)16(10-15)24-11-12(9-18(24)25)19(26)23-13-3-5-14(6-4-13)29-20(21)22/h3-8,10,12,20H,9,11H2,1-2H3,(H,23,26). The van der Waals surface area contributed by atoms with E-state index in [0.717, 1.165) is 0 Å². The van der Waals surface area contributed by atoms with Gasteiger partial charge in [-0.2, -0.15) is 8.78 Å². The molecule has 7 nitrogen and oxygen atoms in total. The van der Waals surface area contributed by atoms with Crippen LogP contribution in [0.3, 0.4) is 0 Å². The number of halogens is 2. The molecule has 0 radical (unpaired) electrons. The molecule has 0 aromatic heterocycles. The second kappa shape index (κ2) is 8.76. The smallest absolute Gasteiger partial charge is 0.387 e. The second-order valence-electron chi connectivity index (χ2n) is 6.34. The van der Waals surface area contributed by atoms with E-state index in [1.165, 1.54) is 43.4 Å². The average molecular weight is 406 g/mol. The van der Waals surface area contributed by atoms with Crippen molar-refractivity contribution in [1.82, 2.24) is 0 Å². The Morgan fingerprint density at radius 1 is 1.10 bits per heavy atom. The molecule has 2 aromatic carbocycles. The number of rotatable bonds is 7. The van der Waals surface area contributed by atoms with E-state index in [-0.39, 0.29) is 30.5 Å². The third-order valence-electron chi connectivity index (χ3n) is 4.52. The highest BCUT2D eigenvalue weighted by Gasteiger charge is 2.36. The zero-order valence-corrected chi connectivity index (χ0v) is 15.9. The lowest BCUT2D eigenvalue weighted by molar-refractivity contribution is -0.122. The van der Waals surface area contributed by atoms with Gasteiger partial charge in [0.15, 0.2) is 0 Å². The quantitative estimate of drug-likeness (QED) is 0.764. The van der Waals surface area contributed by atoms with Crippen LogP contribution in [0, 0.1) is 5.92 Å². The van der Waals surface area contributed by atoms with E-state index in [2.05, 4.69) is 10.1 Å². The van der Waals surface area contributed by atoms with Gasteiger partial charge >= 0.3 is 6.61 Å². The van der Waals surface area contributed by atoms with Crippen LogP contribution in [0.1, 0.15) is 6.42 Å². The molecule has 1 aliphatic heterocycles. The Morgan fingerprint density at radius 2 is 1.79 bits per heavy atom. The summed E-state index contributed by atoms with van der Waals surface area (Å²) in [6.45, 7) is -2.74. The molecule has 1 aliphatic rings. The number of carbonyl (C=O) groups is 2. The summed E-state index contributed by atoms with van der Waals surface area (Å²) >= 11 is 0. The lowest BCUT2D eigenvalue weighted by Crippen LogP contribution is -2.28. The number of nitrogens with zero attached hydrogens (tertiary/aromatic N) is 1. The summed E-state index contributed by atoms with van der Waals surface area (Å²) < 4.78 is 39.2. The van der Waals surface area contributed by atoms with E-state index in [1.54, 1.807) is 18.2 Å². The number of ether oxygens (including phenoxy) is 3. The zero-order chi connectivity index (χ0) is 21.0. The van der Waals surface area contributed by atoms with E-state index in [4.69, 9.17) is 9.47 Å². The summed E-state index contributed by atoms with van der Waals surface area (Å²) in [4.78, 5) is 26.6. The fourth-order valence-corrected chi connectivity index (χ4v) is 3.09. The predicted molar refractivity (Wildman–Crippen MR) is 102 cm³/mol. The van der Waals surface area contributed by atoms with Crippen LogP contribution < -0.4 is 24.4 Å². The summed E-state index contributed by atoms with van der Waals surface area (Å²) in [6.07, 6.45) is 0.0405. The molecule has 2 amide bonds. The largest absolute Gasteiger partial charge is 0.497 e. The topological polar surface area (TPSA) is 77.1 Å². The Morgan fingerprint density at radius 3 is 2.41 bits per heavy atom. The van der Waals surface area contributed by atoms with Crippen LogP contribution in [-0.2, 0) is 9.59 Å². The third kappa shape index (κ3) is 4.74. The number of carbonyl (C=O) groups excluding carboxylic acids is 2. The van der Waals surface area contributed by atoms with Crippen molar-refractivity contribution in [3.05, 3.63) is 42.5 Å². The molecule has 29 heavy (non-hydrogen) atoms. The Kier molecular flexibility index (Phi) is 6.16. The first kappa shape index (κ1) is 20.4. The number of anilines is 2. The van der Waals surface area contributed by atoms with Crippen LogP contribution in [0.5, 0.6) is 17.2 Å². The molecule has 1 unspecified atom stereocenters. The zero-order valence-electron chi connectivity index (χ0n) is 15.9. The highest BCUT2D eigenvalue weighted by Crippen LogP contribution is 2.36. The first-order valence-corrected chi connectivity index (χ1v) is 8.79. The summed E-state index contributed by atoms with van der Waals surface area (Å²) in [5, 5.41) is 2.69. The van der Waals surface area contributed by atoms with Crippen LogP contribution in [0.25, 0.3) is 0 Å². The number of nitrogens with one attached hydrogen (secondary N) is 1. The molecule has 1 N–H and O–H groups in total. The summed E-state index contributed by atoms with van der Waals surface area (Å²) in [5.41, 5.74) is 0.946. The van der Waals surface area contributed by atoms with Crippen molar-refractivity contribution < 1.29 is 32.6 Å². The Hall–Kier alpha value is -3.36. The lowest BCUT2D eigenvalue weighted by Gasteiger charge is -2.20. The minimum atomic E-state index is -2.92. The molecular formula is C20H20F2N2O5. The first-order valence-electron chi connectivity index (χ1n) is 8.79. The Balaban J connectivity index is 1.69. The van der Waals surface area contributed by atoms with Gasteiger partial charge in [0.1, 0.15) is 17.2 Å².